The fourth-order valence-corrected chi connectivity index (χ4v) is 2.57. The number of nitrogens with one attached hydrogen (secondary N) is 1. The van der Waals surface area contributed by atoms with Gasteiger partial charge in [0.15, 0.2) is 5.96 Å². The molecule has 0 bridgehead atoms. The number of guanidine groups is 1. The van der Waals surface area contributed by atoms with Gasteiger partial charge in [0, 0.05) is 39.8 Å². The Bertz CT molecular complexity index is 353. The molecule has 1 atom stereocenters. The maximum atomic E-state index is 12.7. The molecule has 1 aliphatic heterocycles. The molecule has 1 saturated heterocycles. The highest BCUT2D eigenvalue weighted by molar-refractivity contribution is 14.0. The lowest BCUT2D eigenvalue weighted by atomic mass is 10.1. The molecular formula is C15H30F3IN4. The van der Waals surface area contributed by atoms with Gasteiger partial charge >= 0.3 is 6.18 Å². The molecule has 0 saturated carbocycles. The largest absolute Gasteiger partial charge is 0.403 e. The fourth-order valence-electron chi connectivity index (χ4n) is 2.57. The van der Waals surface area contributed by atoms with Crippen molar-refractivity contribution in [3.8, 4) is 0 Å². The Morgan fingerprint density at radius 2 is 1.70 bits per heavy atom. The first-order valence-electron chi connectivity index (χ1n) is 8.02. The van der Waals surface area contributed by atoms with Crippen LogP contribution in [0.3, 0.4) is 0 Å². The first-order valence-corrected chi connectivity index (χ1v) is 8.02. The Labute approximate surface area is 154 Å². The van der Waals surface area contributed by atoms with E-state index in [2.05, 4.69) is 24.2 Å². The summed E-state index contributed by atoms with van der Waals surface area (Å²) in [5, 5.41) is 3.30. The lowest BCUT2D eigenvalue weighted by Gasteiger charge is -2.39. The van der Waals surface area contributed by atoms with Gasteiger partial charge in [0.1, 0.15) is 6.04 Å². The van der Waals surface area contributed by atoms with Crippen LogP contribution in [0.5, 0.6) is 0 Å². The van der Waals surface area contributed by atoms with Crippen molar-refractivity contribution in [3.63, 3.8) is 0 Å². The maximum Gasteiger partial charge on any atom is 0.403 e. The van der Waals surface area contributed by atoms with Gasteiger partial charge in [0.2, 0.25) is 0 Å². The van der Waals surface area contributed by atoms with Crippen molar-refractivity contribution >= 4 is 29.9 Å². The van der Waals surface area contributed by atoms with E-state index in [-0.39, 0.29) is 24.0 Å². The number of aliphatic imine (C=N–C) groups is 1. The molecule has 1 fully saturated rings. The lowest BCUT2D eigenvalue weighted by molar-refractivity contribution is -0.181. The molecule has 0 amide bonds. The molecule has 0 aromatic carbocycles. The topological polar surface area (TPSA) is 30.9 Å². The minimum absolute atomic E-state index is 0. The molecule has 0 aromatic heterocycles. The van der Waals surface area contributed by atoms with Crippen molar-refractivity contribution < 1.29 is 13.2 Å². The highest BCUT2D eigenvalue weighted by Crippen LogP contribution is 2.25. The predicted octanol–water partition coefficient (Wildman–Crippen LogP) is 3.18. The third kappa shape index (κ3) is 7.91. The van der Waals surface area contributed by atoms with E-state index in [1.54, 1.807) is 7.05 Å². The Hall–Kier alpha value is -0.250. The molecule has 0 radical (unpaired) electrons. The van der Waals surface area contributed by atoms with Crippen LogP contribution in [0.15, 0.2) is 4.99 Å². The number of alkyl halides is 3. The van der Waals surface area contributed by atoms with Gasteiger partial charge in [-0.2, -0.15) is 13.2 Å². The normalized spacial score (nSPS) is 18.8. The first-order chi connectivity index (χ1) is 10.3. The smallest absolute Gasteiger partial charge is 0.356 e. The summed E-state index contributed by atoms with van der Waals surface area (Å²) in [6.07, 6.45) is -1.93. The summed E-state index contributed by atoms with van der Waals surface area (Å²) in [4.78, 5) is 7.76. The van der Waals surface area contributed by atoms with Crippen LogP contribution < -0.4 is 5.32 Å². The van der Waals surface area contributed by atoms with Crippen molar-refractivity contribution in [3.05, 3.63) is 0 Å². The second kappa shape index (κ2) is 10.6. The van der Waals surface area contributed by atoms with Crippen molar-refractivity contribution in [2.75, 3.05) is 39.8 Å². The maximum absolute atomic E-state index is 12.7. The monoisotopic (exact) mass is 450 g/mol. The van der Waals surface area contributed by atoms with E-state index in [1.807, 2.05) is 4.90 Å². The highest BCUT2D eigenvalue weighted by atomic mass is 127. The van der Waals surface area contributed by atoms with E-state index in [1.165, 1.54) is 11.8 Å². The van der Waals surface area contributed by atoms with Gasteiger partial charge in [-0.05, 0) is 25.7 Å². The zero-order valence-corrected chi connectivity index (χ0v) is 16.8. The molecule has 0 aliphatic carbocycles. The average Bonchev–Trinajstić information content (AvgIpc) is 2.46. The van der Waals surface area contributed by atoms with Crippen LogP contribution in [0.25, 0.3) is 0 Å². The summed E-state index contributed by atoms with van der Waals surface area (Å²) in [6, 6.07) is -1.38. The Morgan fingerprint density at radius 3 is 2.13 bits per heavy atom. The third-order valence-electron chi connectivity index (χ3n) is 4.09. The molecule has 1 unspecified atom stereocenters. The van der Waals surface area contributed by atoms with Crippen LogP contribution in [-0.2, 0) is 0 Å². The fraction of sp³-hybridized carbons (Fsp3) is 0.933. The summed E-state index contributed by atoms with van der Waals surface area (Å²) in [5.74, 6) is 1.47. The molecule has 1 aliphatic rings. The van der Waals surface area contributed by atoms with Crippen LogP contribution in [0.4, 0.5) is 13.2 Å². The zero-order chi connectivity index (χ0) is 16.8. The molecule has 0 aromatic rings. The van der Waals surface area contributed by atoms with E-state index in [9.17, 15) is 13.2 Å². The quantitative estimate of drug-likeness (QED) is 0.302. The van der Waals surface area contributed by atoms with Gasteiger partial charge in [-0.1, -0.05) is 13.8 Å². The van der Waals surface area contributed by atoms with Gasteiger partial charge in [0.25, 0.3) is 0 Å². The summed E-state index contributed by atoms with van der Waals surface area (Å²) >= 11 is 0. The Balaban J connectivity index is 0.00000484. The molecule has 1 heterocycles. The number of nitrogens with zero attached hydrogens (tertiary/aromatic N) is 3. The number of piperazine rings is 1. The van der Waals surface area contributed by atoms with Gasteiger partial charge in [0.05, 0.1) is 0 Å². The summed E-state index contributed by atoms with van der Waals surface area (Å²) in [7, 11) is 1.72. The van der Waals surface area contributed by atoms with Crippen LogP contribution in [0.2, 0.25) is 0 Å². The molecular weight excluding hydrogens is 420 g/mol. The SMILES string of the molecule is CN=C(NCCCC(C)C)N1CCN(C(C)C(F)(F)F)CC1.I. The van der Waals surface area contributed by atoms with Crippen LogP contribution in [0, 0.1) is 5.92 Å². The number of hydrogen-bond donors (Lipinski definition) is 1. The molecule has 0 spiro atoms. The highest BCUT2D eigenvalue weighted by Gasteiger charge is 2.40. The van der Waals surface area contributed by atoms with Crippen molar-refractivity contribution in [1.29, 1.82) is 0 Å². The minimum Gasteiger partial charge on any atom is -0.356 e. The Kier molecular flexibility index (Phi) is 10.5. The first kappa shape index (κ1) is 22.8. The summed E-state index contributed by atoms with van der Waals surface area (Å²) in [6.45, 7) is 8.43. The van der Waals surface area contributed by atoms with E-state index in [4.69, 9.17) is 0 Å². The lowest BCUT2D eigenvalue weighted by Crippen LogP contribution is -2.56. The van der Waals surface area contributed by atoms with Gasteiger partial charge < -0.3 is 10.2 Å². The van der Waals surface area contributed by atoms with E-state index >= 15 is 0 Å². The molecule has 1 rings (SSSR count). The van der Waals surface area contributed by atoms with Gasteiger partial charge in [-0.3, -0.25) is 9.89 Å². The van der Waals surface area contributed by atoms with E-state index < -0.39 is 12.2 Å². The molecule has 1 N–H and O–H groups in total. The minimum atomic E-state index is -4.15. The van der Waals surface area contributed by atoms with Crippen molar-refractivity contribution in [2.45, 2.75) is 45.8 Å². The third-order valence-corrected chi connectivity index (χ3v) is 4.09. The zero-order valence-electron chi connectivity index (χ0n) is 14.5. The van der Waals surface area contributed by atoms with Crippen LogP contribution >= 0.6 is 24.0 Å². The molecule has 4 nitrogen and oxygen atoms in total. The van der Waals surface area contributed by atoms with Gasteiger partial charge in [-0.15, -0.1) is 24.0 Å². The standard InChI is InChI=1S/C15H29F3N4.HI/c1-12(2)6-5-7-20-14(19-4)22-10-8-21(9-11-22)13(3)15(16,17)18;/h12-13H,5-11H2,1-4H3,(H,19,20);1H. The van der Waals surface area contributed by atoms with Crippen LogP contribution in [-0.4, -0.2) is 67.7 Å². The summed E-state index contributed by atoms with van der Waals surface area (Å²) < 4.78 is 38.2. The Morgan fingerprint density at radius 1 is 1.13 bits per heavy atom. The van der Waals surface area contributed by atoms with E-state index in [0.717, 1.165) is 25.3 Å². The number of hydrogen-bond acceptors (Lipinski definition) is 2. The number of halogens is 4. The summed E-state index contributed by atoms with van der Waals surface area (Å²) in [5.41, 5.74) is 0. The number of rotatable bonds is 5. The molecule has 8 heteroatoms. The molecule has 23 heavy (non-hydrogen) atoms. The predicted molar refractivity (Wildman–Crippen MR) is 99.5 cm³/mol. The van der Waals surface area contributed by atoms with Crippen molar-refractivity contribution in [2.24, 2.45) is 10.9 Å². The van der Waals surface area contributed by atoms with Gasteiger partial charge in [-0.25, -0.2) is 0 Å². The average molecular weight is 450 g/mol. The van der Waals surface area contributed by atoms with E-state index in [0.29, 0.717) is 32.1 Å². The van der Waals surface area contributed by atoms with Crippen molar-refractivity contribution in [1.82, 2.24) is 15.1 Å². The van der Waals surface area contributed by atoms with Crippen LogP contribution in [0.1, 0.15) is 33.6 Å². The molecule has 138 valence electrons. The second-order valence-corrected chi connectivity index (χ2v) is 6.25. The second-order valence-electron chi connectivity index (χ2n) is 6.25.